The van der Waals surface area contributed by atoms with E-state index >= 15 is 0 Å². The lowest BCUT2D eigenvalue weighted by Crippen LogP contribution is -2.25. The van der Waals surface area contributed by atoms with Gasteiger partial charge in [-0.3, -0.25) is 5.43 Å². The number of anilines is 1. The molecule has 1 unspecified atom stereocenters. The Kier molecular flexibility index (Phi) is 3.35. The van der Waals surface area contributed by atoms with Gasteiger partial charge in [-0.05, 0) is 31.4 Å². The van der Waals surface area contributed by atoms with Gasteiger partial charge in [0.2, 0.25) is 0 Å². The van der Waals surface area contributed by atoms with E-state index in [9.17, 15) is 5.11 Å². The summed E-state index contributed by atoms with van der Waals surface area (Å²) in [5.74, 6) is 0. The smallest absolute Gasteiger partial charge is 0.0938 e. The van der Waals surface area contributed by atoms with Crippen molar-refractivity contribution in [2.24, 2.45) is 5.10 Å². The molecule has 3 heteroatoms. The molecule has 0 heterocycles. The second kappa shape index (κ2) is 4.94. The Bertz CT molecular complexity index is 335. The maximum Gasteiger partial charge on any atom is 0.0938 e. The highest BCUT2D eigenvalue weighted by Gasteiger charge is 2.17. The van der Waals surface area contributed by atoms with Gasteiger partial charge in [0.25, 0.3) is 0 Å². The fourth-order valence-electron chi connectivity index (χ4n) is 1.76. The molecule has 1 aliphatic rings. The lowest BCUT2D eigenvalue weighted by atomic mass is 9.96. The Balaban J connectivity index is 1.98. The van der Waals surface area contributed by atoms with Crippen LogP contribution >= 0.6 is 0 Å². The molecule has 1 aromatic carbocycles. The van der Waals surface area contributed by atoms with Gasteiger partial charge in [0.05, 0.1) is 17.5 Å². The lowest BCUT2D eigenvalue weighted by molar-refractivity contribution is 0.214. The summed E-state index contributed by atoms with van der Waals surface area (Å²) in [6.07, 6.45) is 3.63. The third kappa shape index (κ3) is 2.80. The van der Waals surface area contributed by atoms with Gasteiger partial charge in [0, 0.05) is 0 Å². The number of hydrogen-bond donors (Lipinski definition) is 2. The number of nitrogens with zero attached hydrogens (tertiary/aromatic N) is 1. The standard InChI is InChI=1S/C12H16N2O/c15-12-9-5-4-8-11(12)14-13-10-6-2-1-3-7-10/h1-3,6-7,12-13,15H,4-5,8-9H2. The molecule has 0 bridgehead atoms. The quantitative estimate of drug-likeness (QED) is 0.726. The van der Waals surface area contributed by atoms with Crippen LogP contribution < -0.4 is 5.43 Å². The van der Waals surface area contributed by atoms with Crippen LogP contribution in [-0.4, -0.2) is 16.9 Å². The minimum absolute atomic E-state index is 0.352. The molecule has 2 N–H and O–H groups in total. The maximum absolute atomic E-state index is 9.68. The van der Waals surface area contributed by atoms with E-state index in [0.29, 0.717) is 0 Å². The summed E-state index contributed by atoms with van der Waals surface area (Å²) in [6, 6.07) is 9.80. The van der Waals surface area contributed by atoms with Gasteiger partial charge < -0.3 is 5.11 Å². The van der Waals surface area contributed by atoms with E-state index in [1.165, 1.54) is 0 Å². The van der Waals surface area contributed by atoms with E-state index in [1.807, 2.05) is 30.3 Å². The number of para-hydroxylation sites is 1. The van der Waals surface area contributed by atoms with Crippen molar-refractivity contribution >= 4 is 11.4 Å². The summed E-state index contributed by atoms with van der Waals surface area (Å²) in [4.78, 5) is 0. The third-order valence-corrected chi connectivity index (χ3v) is 2.65. The van der Waals surface area contributed by atoms with Crippen LogP contribution in [0.15, 0.2) is 35.4 Å². The molecule has 1 atom stereocenters. The molecule has 1 aromatic rings. The number of aliphatic hydroxyl groups excluding tert-OH is 1. The van der Waals surface area contributed by atoms with Crippen LogP contribution in [0, 0.1) is 0 Å². The average Bonchev–Trinajstić information content (AvgIpc) is 2.29. The van der Waals surface area contributed by atoms with Crippen molar-refractivity contribution < 1.29 is 5.11 Å². The van der Waals surface area contributed by atoms with E-state index in [4.69, 9.17) is 0 Å². The van der Waals surface area contributed by atoms with Crippen LogP contribution in [0.4, 0.5) is 5.69 Å². The molecular weight excluding hydrogens is 188 g/mol. The van der Waals surface area contributed by atoms with E-state index < -0.39 is 0 Å². The first-order chi connectivity index (χ1) is 7.36. The van der Waals surface area contributed by atoms with E-state index in [2.05, 4.69) is 10.5 Å². The van der Waals surface area contributed by atoms with Gasteiger partial charge in [0.1, 0.15) is 0 Å². The van der Waals surface area contributed by atoms with Crippen LogP contribution in [0.3, 0.4) is 0 Å². The molecule has 3 nitrogen and oxygen atoms in total. The van der Waals surface area contributed by atoms with Gasteiger partial charge in [-0.1, -0.05) is 24.6 Å². The van der Waals surface area contributed by atoms with E-state index in [1.54, 1.807) is 0 Å². The Hall–Kier alpha value is -1.35. The molecule has 2 rings (SSSR count). The number of hydrogen-bond acceptors (Lipinski definition) is 3. The summed E-state index contributed by atoms with van der Waals surface area (Å²) in [6.45, 7) is 0. The predicted molar refractivity (Wildman–Crippen MR) is 62.0 cm³/mol. The summed E-state index contributed by atoms with van der Waals surface area (Å²) in [5.41, 5.74) is 4.81. The number of nitrogens with one attached hydrogen (secondary N) is 1. The number of aliphatic hydroxyl groups is 1. The predicted octanol–water partition coefficient (Wildman–Crippen LogP) is 2.39. The Morgan fingerprint density at radius 3 is 2.73 bits per heavy atom. The van der Waals surface area contributed by atoms with Crippen LogP contribution in [0.25, 0.3) is 0 Å². The van der Waals surface area contributed by atoms with Gasteiger partial charge in [-0.2, -0.15) is 5.10 Å². The minimum Gasteiger partial charge on any atom is -0.387 e. The Morgan fingerprint density at radius 1 is 1.20 bits per heavy atom. The normalized spacial score (nSPS) is 24.1. The zero-order chi connectivity index (χ0) is 10.5. The van der Waals surface area contributed by atoms with Crippen molar-refractivity contribution in [3.63, 3.8) is 0 Å². The SMILES string of the molecule is OC1CCCCC1=NNc1ccccc1. The van der Waals surface area contributed by atoms with E-state index in [-0.39, 0.29) is 6.10 Å². The first-order valence-electron chi connectivity index (χ1n) is 5.42. The molecule has 0 amide bonds. The van der Waals surface area contributed by atoms with Crippen LogP contribution in [0.1, 0.15) is 25.7 Å². The molecule has 0 aromatic heterocycles. The fourth-order valence-corrected chi connectivity index (χ4v) is 1.76. The molecule has 0 saturated heterocycles. The zero-order valence-corrected chi connectivity index (χ0v) is 8.69. The van der Waals surface area contributed by atoms with Crippen molar-refractivity contribution in [2.45, 2.75) is 31.8 Å². The summed E-state index contributed by atoms with van der Waals surface area (Å²) in [7, 11) is 0. The molecule has 80 valence electrons. The van der Waals surface area contributed by atoms with Gasteiger partial charge in [-0.15, -0.1) is 0 Å². The van der Waals surface area contributed by atoms with Gasteiger partial charge >= 0.3 is 0 Å². The van der Waals surface area contributed by atoms with Crippen molar-refractivity contribution in [1.29, 1.82) is 0 Å². The van der Waals surface area contributed by atoms with Crippen molar-refractivity contribution in [2.75, 3.05) is 5.43 Å². The molecule has 0 aliphatic heterocycles. The number of hydrazone groups is 1. The largest absolute Gasteiger partial charge is 0.387 e. The fraction of sp³-hybridized carbons (Fsp3) is 0.417. The first kappa shape index (κ1) is 10.2. The summed E-state index contributed by atoms with van der Waals surface area (Å²) >= 11 is 0. The number of benzene rings is 1. The minimum atomic E-state index is -0.352. The summed E-state index contributed by atoms with van der Waals surface area (Å²) < 4.78 is 0. The van der Waals surface area contributed by atoms with Crippen LogP contribution in [0.2, 0.25) is 0 Å². The highest BCUT2D eigenvalue weighted by molar-refractivity contribution is 5.89. The first-order valence-corrected chi connectivity index (χ1v) is 5.42. The van der Waals surface area contributed by atoms with Gasteiger partial charge in [0.15, 0.2) is 0 Å². The second-order valence-corrected chi connectivity index (χ2v) is 3.84. The topological polar surface area (TPSA) is 44.6 Å². The van der Waals surface area contributed by atoms with Crippen LogP contribution in [0.5, 0.6) is 0 Å². The second-order valence-electron chi connectivity index (χ2n) is 3.84. The molecule has 1 fully saturated rings. The Morgan fingerprint density at radius 2 is 2.00 bits per heavy atom. The molecule has 0 spiro atoms. The highest BCUT2D eigenvalue weighted by atomic mass is 16.3. The monoisotopic (exact) mass is 204 g/mol. The van der Waals surface area contributed by atoms with Gasteiger partial charge in [-0.25, -0.2) is 0 Å². The van der Waals surface area contributed by atoms with E-state index in [0.717, 1.165) is 37.1 Å². The average molecular weight is 204 g/mol. The Labute approximate surface area is 89.8 Å². The zero-order valence-electron chi connectivity index (χ0n) is 8.69. The highest BCUT2D eigenvalue weighted by Crippen LogP contribution is 2.16. The van der Waals surface area contributed by atoms with Crippen molar-refractivity contribution in [3.05, 3.63) is 30.3 Å². The molecule has 0 radical (unpaired) electrons. The third-order valence-electron chi connectivity index (χ3n) is 2.65. The molecular formula is C12H16N2O. The van der Waals surface area contributed by atoms with Crippen molar-refractivity contribution in [1.82, 2.24) is 0 Å². The molecule has 1 aliphatic carbocycles. The molecule has 1 saturated carbocycles. The maximum atomic E-state index is 9.68. The summed E-state index contributed by atoms with van der Waals surface area (Å²) in [5, 5.41) is 13.9. The lowest BCUT2D eigenvalue weighted by Gasteiger charge is -2.18. The molecule has 15 heavy (non-hydrogen) atoms. The van der Waals surface area contributed by atoms with Crippen LogP contribution in [-0.2, 0) is 0 Å². The number of rotatable bonds is 2. The van der Waals surface area contributed by atoms with Crippen molar-refractivity contribution in [3.8, 4) is 0 Å².